The second kappa shape index (κ2) is 5.67. The number of carbonyl (C=O) groups excluding carboxylic acids is 1. The monoisotopic (exact) mass is 256 g/mol. The number of carbonyl (C=O) groups is 2. The van der Waals surface area contributed by atoms with Crippen molar-refractivity contribution in [1.82, 2.24) is 10.2 Å². The van der Waals surface area contributed by atoms with Crippen LogP contribution in [0.2, 0.25) is 0 Å². The van der Waals surface area contributed by atoms with Crippen molar-refractivity contribution < 1.29 is 19.8 Å². The zero-order valence-corrected chi connectivity index (χ0v) is 10.3. The number of hydrogen-bond acceptors (Lipinski definition) is 4. The predicted octanol–water partition coefficient (Wildman–Crippen LogP) is -0.577. The maximum Gasteiger partial charge on any atom is 0.326 e. The van der Waals surface area contributed by atoms with Gasteiger partial charge in [0.25, 0.3) is 0 Å². The number of hydrogen-bond donors (Lipinski definition) is 3. The highest BCUT2D eigenvalue weighted by atomic mass is 16.4. The first-order chi connectivity index (χ1) is 8.58. The van der Waals surface area contributed by atoms with Crippen molar-refractivity contribution >= 4 is 11.9 Å². The molecule has 2 atom stereocenters. The Balaban J connectivity index is 1.92. The van der Waals surface area contributed by atoms with E-state index in [0.717, 1.165) is 25.9 Å². The van der Waals surface area contributed by atoms with Crippen LogP contribution in [0.3, 0.4) is 0 Å². The molecule has 6 nitrogen and oxygen atoms in total. The van der Waals surface area contributed by atoms with Gasteiger partial charge in [-0.1, -0.05) is 0 Å². The molecule has 2 aliphatic heterocycles. The highest BCUT2D eigenvalue weighted by Crippen LogP contribution is 2.23. The van der Waals surface area contributed by atoms with E-state index in [0.29, 0.717) is 12.3 Å². The summed E-state index contributed by atoms with van der Waals surface area (Å²) in [6.07, 6.45) is 1.76. The topological polar surface area (TPSA) is 89.9 Å². The van der Waals surface area contributed by atoms with Crippen molar-refractivity contribution in [2.45, 2.75) is 37.8 Å². The number of piperidine rings is 1. The molecule has 2 heterocycles. The Morgan fingerprint density at radius 2 is 1.94 bits per heavy atom. The molecular formula is C12H20N2O4. The molecule has 0 radical (unpaired) electrons. The van der Waals surface area contributed by atoms with Gasteiger partial charge in [0.05, 0.1) is 6.10 Å². The van der Waals surface area contributed by atoms with E-state index in [9.17, 15) is 14.7 Å². The Labute approximate surface area is 106 Å². The van der Waals surface area contributed by atoms with Gasteiger partial charge in [-0.25, -0.2) is 4.79 Å². The standard InChI is InChI=1S/C12H20N2O4/c15-9-6-10(12(17)18)14(7-9)11(16)5-8-1-3-13-4-2-8/h8-10,13,15H,1-7H2,(H,17,18)/t9-,10-/m1/s1. The average molecular weight is 256 g/mol. The lowest BCUT2D eigenvalue weighted by molar-refractivity contribution is -0.148. The van der Waals surface area contributed by atoms with Crippen molar-refractivity contribution in [3.8, 4) is 0 Å². The maximum atomic E-state index is 12.1. The van der Waals surface area contributed by atoms with Gasteiger partial charge in [-0.05, 0) is 31.8 Å². The maximum absolute atomic E-state index is 12.1. The number of nitrogens with one attached hydrogen (secondary N) is 1. The normalized spacial score (nSPS) is 29.5. The molecule has 0 aromatic rings. The number of rotatable bonds is 3. The molecule has 0 saturated carbocycles. The molecule has 2 fully saturated rings. The summed E-state index contributed by atoms with van der Waals surface area (Å²) in [4.78, 5) is 24.5. The predicted molar refractivity (Wildman–Crippen MR) is 64.0 cm³/mol. The molecule has 2 rings (SSSR count). The second-order valence-corrected chi connectivity index (χ2v) is 5.19. The molecule has 0 bridgehead atoms. The minimum absolute atomic E-state index is 0.133. The molecule has 1 amide bonds. The van der Waals surface area contributed by atoms with Gasteiger partial charge in [-0.3, -0.25) is 4.79 Å². The number of aliphatic carboxylic acids is 1. The van der Waals surface area contributed by atoms with Gasteiger partial charge in [0.1, 0.15) is 6.04 Å². The number of likely N-dealkylation sites (tertiary alicyclic amines) is 1. The molecule has 3 N–H and O–H groups in total. The lowest BCUT2D eigenvalue weighted by atomic mass is 9.94. The van der Waals surface area contributed by atoms with Gasteiger partial charge >= 0.3 is 5.97 Å². The fourth-order valence-corrected chi connectivity index (χ4v) is 2.77. The molecule has 0 spiro atoms. The second-order valence-electron chi connectivity index (χ2n) is 5.19. The summed E-state index contributed by atoms with van der Waals surface area (Å²) in [5, 5.41) is 21.8. The molecule has 0 aliphatic carbocycles. The minimum atomic E-state index is -1.02. The van der Waals surface area contributed by atoms with Gasteiger partial charge in [0, 0.05) is 19.4 Å². The fourth-order valence-electron chi connectivity index (χ4n) is 2.77. The van der Waals surface area contributed by atoms with Crippen LogP contribution in [0.25, 0.3) is 0 Å². The first kappa shape index (κ1) is 13.3. The number of carboxylic acid groups (broad SMARTS) is 1. The first-order valence-corrected chi connectivity index (χ1v) is 6.49. The van der Waals surface area contributed by atoms with E-state index >= 15 is 0 Å². The van der Waals surface area contributed by atoms with Crippen molar-refractivity contribution in [3.63, 3.8) is 0 Å². The number of β-amino-alcohol motifs (C(OH)–C–C–N with tert-alkyl or cyclic N) is 1. The third-order valence-corrected chi connectivity index (χ3v) is 3.81. The number of amides is 1. The number of carboxylic acids is 1. The molecule has 0 aromatic heterocycles. The summed E-state index contributed by atoms with van der Waals surface area (Å²) in [5.41, 5.74) is 0. The largest absolute Gasteiger partial charge is 0.480 e. The summed E-state index contributed by atoms with van der Waals surface area (Å²) in [7, 11) is 0. The molecule has 0 unspecified atom stereocenters. The quantitative estimate of drug-likeness (QED) is 0.629. The lowest BCUT2D eigenvalue weighted by Gasteiger charge is -2.26. The Hall–Kier alpha value is -1.14. The summed E-state index contributed by atoms with van der Waals surface area (Å²) in [6.45, 7) is 1.99. The molecule has 0 aromatic carbocycles. The van der Waals surface area contributed by atoms with E-state index < -0.39 is 18.1 Å². The smallest absolute Gasteiger partial charge is 0.326 e. The van der Waals surface area contributed by atoms with Crippen LogP contribution in [0.5, 0.6) is 0 Å². The molecule has 6 heteroatoms. The van der Waals surface area contributed by atoms with E-state index in [-0.39, 0.29) is 18.9 Å². The van der Waals surface area contributed by atoms with Crippen molar-refractivity contribution in [3.05, 3.63) is 0 Å². The minimum Gasteiger partial charge on any atom is -0.480 e. The third-order valence-electron chi connectivity index (χ3n) is 3.81. The van der Waals surface area contributed by atoms with Crippen molar-refractivity contribution in [2.75, 3.05) is 19.6 Å². The van der Waals surface area contributed by atoms with Crippen LogP contribution >= 0.6 is 0 Å². The van der Waals surface area contributed by atoms with Crippen molar-refractivity contribution in [1.29, 1.82) is 0 Å². The van der Waals surface area contributed by atoms with Crippen LogP contribution in [0.4, 0.5) is 0 Å². The molecule has 102 valence electrons. The summed E-state index contributed by atoms with van der Waals surface area (Å²) >= 11 is 0. The van der Waals surface area contributed by atoms with Gasteiger partial charge in [0.15, 0.2) is 0 Å². The Bertz CT molecular complexity index is 328. The highest BCUT2D eigenvalue weighted by molar-refractivity contribution is 5.84. The zero-order valence-electron chi connectivity index (χ0n) is 10.3. The molecular weight excluding hydrogens is 236 g/mol. The highest BCUT2D eigenvalue weighted by Gasteiger charge is 2.39. The number of nitrogens with zero attached hydrogens (tertiary/aromatic N) is 1. The Morgan fingerprint density at radius 3 is 2.56 bits per heavy atom. The van der Waals surface area contributed by atoms with Crippen LogP contribution in [-0.4, -0.2) is 58.8 Å². The SMILES string of the molecule is O=C(O)[C@H]1C[C@@H](O)CN1C(=O)CC1CCNCC1. The van der Waals surface area contributed by atoms with Crippen LogP contribution in [0, 0.1) is 5.92 Å². The van der Waals surface area contributed by atoms with Gasteiger partial charge in [0.2, 0.25) is 5.91 Å². The Kier molecular flexibility index (Phi) is 4.19. The van der Waals surface area contributed by atoms with Crippen molar-refractivity contribution in [2.24, 2.45) is 5.92 Å². The van der Waals surface area contributed by atoms with Crippen LogP contribution in [0.15, 0.2) is 0 Å². The number of aliphatic hydroxyl groups is 1. The molecule has 18 heavy (non-hydrogen) atoms. The van der Waals surface area contributed by atoms with Gasteiger partial charge in [-0.2, -0.15) is 0 Å². The fraction of sp³-hybridized carbons (Fsp3) is 0.833. The Morgan fingerprint density at radius 1 is 1.28 bits per heavy atom. The molecule has 2 saturated heterocycles. The van der Waals surface area contributed by atoms with Gasteiger partial charge < -0.3 is 20.4 Å². The molecule has 2 aliphatic rings. The first-order valence-electron chi connectivity index (χ1n) is 6.49. The zero-order chi connectivity index (χ0) is 13.1. The lowest BCUT2D eigenvalue weighted by Crippen LogP contribution is -2.42. The van der Waals surface area contributed by atoms with Crippen LogP contribution < -0.4 is 5.32 Å². The van der Waals surface area contributed by atoms with Crippen LogP contribution in [0.1, 0.15) is 25.7 Å². The third kappa shape index (κ3) is 3.00. The van der Waals surface area contributed by atoms with E-state index in [1.54, 1.807) is 0 Å². The van der Waals surface area contributed by atoms with E-state index in [1.807, 2.05) is 0 Å². The van der Waals surface area contributed by atoms with E-state index in [4.69, 9.17) is 5.11 Å². The van der Waals surface area contributed by atoms with E-state index in [2.05, 4.69) is 5.32 Å². The average Bonchev–Trinajstić information content (AvgIpc) is 2.73. The van der Waals surface area contributed by atoms with E-state index in [1.165, 1.54) is 4.90 Å². The summed E-state index contributed by atoms with van der Waals surface area (Å²) < 4.78 is 0. The van der Waals surface area contributed by atoms with Crippen LogP contribution in [-0.2, 0) is 9.59 Å². The number of aliphatic hydroxyl groups excluding tert-OH is 1. The summed E-state index contributed by atoms with van der Waals surface area (Å²) in [5.74, 6) is -0.818. The summed E-state index contributed by atoms with van der Waals surface area (Å²) in [6, 6.07) is -0.853. The van der Waals surface area contributed by atoms with Gasteiger partial charge in [-0.15, -0.1) is 0 Å².